The predicted molar refractivity (Wildman–Crippen MR) is 75.3 cm³/mol. The van der Waals surface area contributed by atoms with Crippen molar-refractivity contribution in [2.24, 2.45) is 5.41 Å². The Labute approximate surface area is 112 Å². The number of nitrogen functional groups attached to an aromatic ring is 1. The van der Waals surface area contributed by atoms with Gasteiger partial charge in [-0.25, -0.2) is 9.37 Å². The lowest BCUT2D eigenvalue weighted by Crippen LogP contribution is -2.26. The lowest BCUT2D eigenvalue weighted by Gasteiger charge is -2.34. The molecule has 1 heterocycles. The number of fused-ring (bicyclic) bond motifs is 1. The van der Waals surface area contributed by atoms with E-state index in [1.54, 1.807) is 6.07 Å². The highest BCUT2D eigenvalue weighted by molar-refractivity contribution is 5.78. The van der Waals surface area contributed by atoms with E-state index in [0.717, 1.165) is 12.1 Å². The SMILES string of the molecule is CC1(Cn2c(N)nc3cc(F)ccc32)CCCCC1. The van der Waals surface area contributed by atoms with Crippen molar-refractivity contribution in [3.05, 3.63) is 24.0 Å². The van der Waals surface area contributed by atoms with Crippen molar-refractivity contribution in [3.63, 3.8) is 0 Å². The van der Waals surface area contributed by atoms with Crippen molar-refractivity contribution >= 4 is 17.0 Å². The summed E-state index contributed by atoms with van der Waals surface area (Å²) in [7, 11) is 0. The van der Waals surface area contributed by atoms with Gasteiger partial charge in [-0.3, -0.25) is 0 Å². The topological polar surface area (TPSA) is 43.8 Å². The van der Waals surface area contributed by atoms with E-state index in [1.165, 1.54) is 44.2 Å². The summed E-state index contributed by atoms with van der Waals surface area (Å²) < 4.78 is 15.3. The van der Waals surface area contributed by atoms with Gasteiger partial charge in [0.25, 0.3) is 0 Å². The zero-order valence-electron chi connectivity index (χ0n) is 11.3. The molecule has 0 bridgehead atoms. The Hall–Kier alpha value is -1.58. The van der Waals surface area contributed by atoms with Gasteiger partial charge in [0, 0.05) is 12.6 Å². The molecule has 1 aliphatic carbocycles. The lowest BCUT2D eigenvalue weighted by molar-refractivity contribution is 0.186. The largest absolute Gasteiger partial charge is 0.369 e. The number of imidazole rings is 1. The van der Waals surface area contributed by atoms with E-state index >= 15 is 0 Å². The van der Waals surface area contributed by atoms with E-state index in [1.807, 2.05) is 4.57 Å². The number of nitrogens with zero attached hydrogens (tertiary/aromatic N) is 2. The fraction of sp³-hybridized carbons (Fsp3) is 0.533. The van der Waals surface area contributed by atoms with Gasteiger partial charge in [0.15, 0.2) is 0 Å². The molecule has 0 radical (unpaired) electrons. The first-order valence-corrected chi connectivity index (χ1v) is 6.99. The molecule has 0 spiro atoms. The third-order valence-corrected chi connectivity index (χ3v) is 4.34. The molecule has 2 aromatic rings. The number of aromatic nitrogens is 2. The van der Waals surface area contributed by atoms with Crippen LogP contribution in [0.15, 0.2) is 18.2 Å². The fourth-order valence-electron chi connectivity index (χ4n) is 3.23. The number of benzene rings is 1. The van der Waals surface area contributed by atoms with E-state index in [0.29, 0.717) is 11.5 Å². The molecule has 0 atom stereocenters. The minimum atomic E-state index is -0.263. The average molecular weight is 261 g/mol. The van der Waals surface area contributed by atoms with Crippen LogP contribution in [0, 0.1) is 11.2 Å². The molecule has 1 aromatic heterocycles. The molecule has 0 aliphatic heterocycles. The molecule has 1 aliphatic rings. The molecule has 102 valence electrons. The molecular formula is C15H20FN3. The van der Waals surface area contributed by atoms with Crippen LogP contribution >= 0.6 is 0 Å². The number of anilines is 1. The molecule has 3 rings (SSSR count). The van der Waals surface area contributed by atoms with Crippen LogP contribution in [0.2, 0.25) is 0 Å². The van der Waals surface area contributed by atoms with Gasteiger partial charge >= 0.3 is 0 Å². The lowest BCUT2D eigenvalue weighted by atomic mass is 9.75. The summed E-state index contributed by atoms with van der Waals surface area (Å²) >= 11 is 0. The monoisotopic (exact) mass is 261 g/mol. The Bertz CT molecular complexity index is 597. The second kappa shape index (κ2) is 4.51. The summed E-state index contributed by atoms with van der Waals surface area (Å²) in [5.74, 6) is 0.230. The average Bonchev–Trinajstić information content (AvgIpc) is 2.65. The van der Waals surface area contributed by atoms with Gasteiger partial charge < -0.3 is 10.3 Å². The second-order valence-electron chi connectivity index (χ2n) is 6.06. The van der Waals surface area contributed by atoms with Crippen molar-refractivity contribution < 1.29 is 4.39 Å². The molecule has 4 heteroatoms. The Balaban J connectivity index is 1.98. The van der Waals surface area contributed by atoms with Crippen LogP contribution in [0.25, 0.3) is 11.0 Å². The first kappa shape index (κ1) is 12.5. The van der Waals surface area contributed by atoms with Crippen molar-refractivity contribution in [1.29, 1.82) is 0 Å². The number of rotatable bonds is 2. The Kier molecular flexibility index (Phi) is 2.96. The summed E-state index contributed by atoms with van der Waals surface area (Å²) in [5, 5.41) is 0. The maximum absolute atomic E-state index is 13.2. The number of hydrogen-bond acceptors (Lipinski definition) is 2. The molecule has 0 unspecified atom stereocenters. The minimum absolute atomic E-state index is 0.263. The van der Waals surface area contributed by atoms with Gasteiger partial charge in [0.2, 0.25) is 5.95 Å². The van der Waals surface area contributed by atoms with Crippen LogP contribution in [0.3, 0.4) is 0 Å². The Morgan fingerprint density at radius 3 is 2.79 bits per heavy atom. The summed E-state index contributed by atoms with van der Waals surface area (Å²) in [6.45, 7) is 3.20. The molecule has 1 fully saturated rings. The van der Waals surface area contributed by atoms with Crippen LogP contribution in [-0.4, -0.2) is 9.55 Å². The standard InChI is InChI=1S/C15H20FN3/c1-15(7-3-2-4-8-15)10-19-13-6-5-11(16)9-12(13)18-14(19)17/h5-6,9H,2-4,7-8,10H2,1H3,(H2,17,18). The van der Waals surface area contributed by atoms with Gasteiger partial charge in [-0.05, 0) is 30.4 Å². The normalized spacial score (nSPS) is 18.8. The quantitative estimate of drug-likeness (QED) is 0.895. The predicted octanol–water partition coefficient (Wildman–Crippen LogP) is 3.73. The van der Waals surface area contributed by atoms with Crippen LogP contribution in [-0.2, 0) is 6.54 Å². The van der Waals surface area contributed by atoms with Crippen molar-refractivity contribution in [1.82, 2.24) is 9.55 Å². The number of nitrogens with two attached hydrogens (primary N) is 1. The van der Waals surface area contributed by atoms with Crippen LogP contribution < -0.4 is 5.73 Å². The highest BCUT2D eigenvalue weighted by Crippen LogP contribution is 2.38. The highest BCUT2D eigenvalue weighted by atomic mass is 19.1. The third kappa shape index (κ3) is 2.31. The maximum atomic E-state index is 13.2. The molecule has 2 N–H and O–H groups in total. The fourth-order valence-corrected chi connectivity index (χ4v) is 3.23. The van der Waals surface area contributed by atoms with Crippen LogP contribution in [0.1, 0.15) is 39.0 Å². The van der Waals surface area contributed by atoms with Crippen molar-refractivity contribution in [2.75, 3.05) is 5.73 Å². The smallest absolute Gasteiger partial charge is 0.201 e. The van der Waals surface area contributed by atoms with Crippen molar-refractivity contribution in [3.8, 4) is 0 Å². The molecule has 0 amide bonds. The molecule has 19 heavy (non-hydrogen) atoms. The van der Waals surface area contributed by atoms with E-state index in [4.69, 9.17) is 5.73 Å². The molecular weight excluding hydrogens is 241 g/mol. The number of hydrogen-bond donors (Lipinski definition) is 1. The highest BCUT2D eigenvalue weighted by Gasteiger charge is 2.28. The van der Waals surface area contributed by atoms with E-state index < -0.39 is 0 Å². The van der Waals surface area contributed by atoms with Gasteiger partial charge in [0.1, 0.15) is 5.82 Å². The zero-order chi connectivity index (χ0) is 13.5. The number of halogens is 1. The second-order valence-corrected chi connectivity index (χ2v) is 6.06. The van der Waals surface area contributed by atoms with Gasteiger partial charge in [-0.15, -0.1) is 0 Å². The third-order valence-electron chi connectivity index (χ3n) is 4.34. The van der Waals surface area contributed by atoms with Crippen LogP contribution in [0.5, 0.6) is 0 Å². The summed E-state index contributed by atoms with van der Waals surface area (Å²) in [6.07, 6.45) is 6.37. The Morgan fingerprint density at radius 2 is 2.05 bits per heavy atom. The molecule has 1 saturated carbocycles. The Morgan fingerprint density at radius 1 is 1.32 bits per heavy atom. The first-order valence-electron chi connectivity index (χ1n) is 6.99. The van der Waals surface area contributed by atoms with Gasteiger partial charge in [0.05, 0.1) is 11.0 Å². The van der Waals surface area contributed by atoms with E-state index in [-0.39, 0.29) is 11.2 Å². The van der Waals surface area contributed by atoms with Crippen molar-refractivity contribution in [2.45, 2.75) is 45.6 Å². The molecule has 0 saturated heterocycles. The summed E-state index contributed by atoms with van der Waals surface area (Å²) in [5.41, 5.74) is 7.88. The first-order chi connectivity index (χ1) is 9.07. The van der Waals surface area contributed by atoms with Crippen LogP contribution in [0.4, 0.5) is 10.3 Å². The molecule has 1 aromatic carbocycles. The minimum Gasteiger partial charge on any atom is -0.369 e. The van der Waals surface area contributed by atoms with E-state index in [9.17, 15) is 4.39 Å². The summed E-state index contributed by atoms with van der Waals surface area (Å²) in [4.78, 5) is 4.27. The zero-order valence-corrected chi connectivity index (χ0v) is 11.3. The van der Waals surface area contributed by atoms with E-state index in [2.05, 4.69) is 11.9 Å². The maximum Gasteiger partial charge on any atom is 0.201 e. The van der Waals surface area contributed by atoms with Gasteiger partial charge in [-0.2, -0.15) is 0 Å². The molecule has 3 nitrogen and oxygen atoms in total. The van der Waals surface area contributed by atoms with Gasteiger partial charge in [-0.1, -0.05) is 26.2 Å². The summed E-state index contributed by atoms with van der Waals surface area (Å²) in [6, 6.07) is 4.70.